The minimum atomic E-state index is 0.397. The van der Waals surface area contributed by atoms with Gasteiger partial charge >= 0.3 is 0 Å². The van der Waals surface area contributed by atoms with Crippen LogP contribution in [0.25, 0.3) is 0 Å². The summed E-state index contributed by atoms with van der Waals surface area (Å²) < 4.78 is 7.55. The zero-order valence-electron chi connectivity index (χ0n) is 10.1. The lowest BCUT2D eigenvalue weighted by atomic mass is 10.1. The molecule has 1 aliphatic rings. The van der Waals surface area contributed by atoms with Gasteiger partial charge in [0, 0.05) is 32.4 Å². The van der Waals surface area contributed by atoms with E-state index in [0.29, 0.717) is 12.1 Å². The average Bonchev–Trinajstić information content (AvgIpc) is 2.91. The van der Waals surface area contributed by atoms with E-state index in [0.717, 1.165) is 25.3 Å². The molecule has 0 radical (unpaired) electrons. The van der Waals surface area contributed by atoms with Gasteiger partial charge in [0.15, 0.2) is 0 Å². The number of nitrogens with zero attached hydrogens (tertiary/aromatic N) is 2. The minimum Gasteiger partial charge on any atom is -0.377 e. The third kappa shape index (κ3) is 2.83. The molecule has 1 aromatic rings. The first-order valence-corrected chi connectivity index (χ1v) is 6.13. The van der Waals surface area contributed by atoms with Crippen LogP contribution in [0.3, 0.4) is 0 Å². The molecule has 1 aliphatic heterocycles. The Morgan fingerprint density at radius 3 is 3.12 bits per heavy atom. The van der Waals surface area contributed by atoms with Gasteiger partial charge in [-0.25, -0.2) is 0 Å². The summed E-state index contributed by atoms with van der Waals surface area (Å²) in [5, 5.41) is 7.90. The van der Waals surface area contributed by atoms with Crippen molar-refractivity contribution >= 4 is 0 Å². The number of aromatic nitrogens is 2. The summed E-state index contributed by atoms with van der Waals surface area (Å²) in [5.74, 6) is 0. The monoisotopic (exact) mass is 223 g/mol. The fraction of sp³-hybridized carbons (Fsp3) is 0.750. The van der Waals surface area contributed by atoms with Gasteiger partial charge in [-0.1, -0.05) is 6.92 Å². The molecule has 2 atom stereocenters. The number of nitrogens with one attached hydrogen (secondary N) is 1. The Labute approximate surface area is 97.0 Å². The van der Waals surface area contributed by atoms with Crippen LogP contribution in [0.1, 0.15) is 31.9 Å². The normalized spacial score (nSPS) is 22.5. The molecule has 4 heteroatoms. The van der Waals surface area contributed by atoms with Gasteiger partial charge in [0.1, 0.15) is 0 Å². The van der Waals surface area contributed by atoms with E-state index in [-0.39, 0.29) is 0 Å². The fourth-order valence-electron chi connectivity index (χ4n) is 2.25. The highest BCUT2D eigenvalue weighted by Gasteiger charge is 2.24. The zero-order valence-corrected chi connectivity index (χ0v) is 10.1. The van der Waals surface area contributed by atoms with Gasteiger partial charge in [0.25, 0.3) is 0 Å². The second-order valence-electron chi connectivity index (χ2n) is 4.43. The van der Waals surface area contributed by atoms with Crippen molar-refractivity contribution in [3.05, 3.63) is 18.0 Å². The summed E-state index contributed by atoms with van der Waals surface area (Å²) >= 11 is 0. The van der Waals surface area contributed by atoms with Gasteiger partial charge in [-0.3, -0.25) is 4.68 Å². The molecular weight excluding hydrogens is 202 g/mol. The van der Waals surface area contributed by atoms with Gasteiger partial charge in [-0.05, 0) is 25.3 Å². The van der Waals surface area contributed by atoms with Crippen LogP contribution in [-0.2, 0) is 18.3 Å². The summed E-state index contributed by atoms with van der Waals surface area (Å²) in [4.78, 5) is 0. The highest BCUT2D eigenvalue weighted by molar-refractivity contribution is 4.98. The Kier molecular flexibility index (Phi) is 3.96. The SMILES string of the molecule is CCC(NCc1ccn(C)n1)C1CCCO1. The molecule has 2 unspecified atom stereocenters. The van der Waals surface area contributed by atoms with E-state index in [1.807, 2.05) is 17.9 Å². The Morgan fingerprint density at radius 1 is 1.69 bits per heavy atom. The number of hydrogen-bond acceptors (Lipinski definition) is 3. The Morgan fingerprint density at radius 2 is 2.56 bits per heavy atom. The molecule has 0 bridgehead atoms. The zero-order chi connectivity index (χ0) is 11.4. The van der Waals surface area contributed by atoms with Crippen molar-refractivity contribution in [2.75, 3.05) is 6.61 Å². The predicted octanol–water partition coefficient (Wildman–Crippen LogP) is 1.47. The second kappa shape index (κ2) is 5.46. The molecule has 16 heavy (non-hydrogen) atoms. The first kappa shape index (κ1) is 11.6. The molecule has 1 saturated heterocycles. The Bertz CT molecular complexity index is 318. The molecule has 1 aromatic heterocycles. The standard InChI is InChI=1S/C12H21N3O/c1-3-11(12-5-4-8-16-12)13-9-10-6-7-15(2)14-10/h6-7,11-13H,3-5,8-9H2,1-2H3. The maximum atomic E-state index is 5.71. The summed E-state index contributed by atoms with van der Waals surface area (Å²) in [6, 6.07) is 2.51. The second-order valence-corrected chi connectivity index (χ2v) is 4.43. The van der Waals surface area contributed by atoms with Gasteiger partial charge in [-0.2, -0.15) is 5.10 Å². The molecule has 0 spiro atoms. The third-order valence-corrected chi connectivity index (χ3v) is 3.17. The highest BCUT2D eigenvalue weighted by Crippen LogP contribution is 2.17. The summed E-state index contributed by atoms with van der Waals surface area (Å²) in [5.41, 5.74) is 1.10. The Hall–Kier alpha value is -0.870. The van der Waals surface area contributed by atoms with Crippen LogP contribution in [-0.4, -0.2) is 28.5 Å². The van der Waals surface area contributed by atoms with Crippen LogP contribution in [0.15, 0.2) is 12.3 Å². The first-order chi connectivity index (χ1) is 7.79. The maximum absolute atomic E-state index is 5.71. The lowest BCUT2D eigenvalue weighted by Crippen LogP contribution is -2.38. The van der Waals surface area contributed by atoms with Crippen molar-refractivity contribution in [2.45, 2.75) is 44.9 Å². The summed E-state index contributed by atoms with van der Waals surface area (Å²) in [7, 11) is 1.95. The summed E-state index contributed by atoms with van der Waals surface area (Å²) in [6.45, 7) is 3.96. The van der Waals surface area contributed by atoms with Crippen LogP contribution in [0.4, 0.5) is 0 Å². The topological polar surface area (TPSA) is 39.1 Å². The first-order valence-electron chi connectivity index (χ1n) is 6.13. The summed E-state index contributed by atoms with van der Waals surface area (Å²) in [6.07, 6.45) is 5.87. The number of rotatable bonds is 5. The van der Waals surface area contributed by atoms with E-state index in [1.54, 1.807) is 0 Å². The van der Waals surface area contributed by atoms with E-state index in [1.165, 1.54) is 12.8 Å². The molecule has 2 rings (SSSR count). The molecular formula is C12H21N3O. The van der Waals surface area contributed by atoms with Gasteiger partial charge in [-0.15, -0.1) is 0 Å². The molecule has 0 aromatic carbocycles. The van der Waals surface area contributed by atoms with E-state index in [9.17, 15) is 0 Å². The van der Waals surface area contributed by atoms with Crippen LogP contribution in [0, 0.1) is 0 Å². The van der Waals surface area contributed by atoms with Crippen molar-refractivity contribution in [1.29, 1.82) is 0 Å². The molecule has 2 heterocycles. The van der Waals surface area contributed by atoms with E-state index in [2.05, 4.69) is 23.4 Å². The van der Waals surface area contributed by atoms with Crippen LogP contribution >= 0.6 is 0 Å². The molecule has 1 N–H and O–H groups in total. The van der Waals surface area contributed by atoms with Gasteiger partial charge in [0.2, 0.25) is 0 Å². The molecule has 1 fully saturated rings. The maximum Gasteiger partial charge on any atom is 0.0762 e. The Balaban J connectivity index is 1.82. The quantitative estimate of drug-likeness (QED) is 0.821. The molecule has 0 amide bonds. The largest absolute Gasteiger partial charge is 0.377 e. The smallest absolute Gasteiger partial charge is 0.0762 e. The fourth-order valence-corrected chi connectivity index (χ4v) is 2.25. The highest BCUT2D eigenvalue weighted by atomic mass is 16.5. The van der Waals surface area contributed by atoms with Crippen LogP contribution in [0.5, 0.6) is 0 Å². The van der Waals surface area contributed by atoms with Gasteiger partial charge in [0.05, 0.1) is 11.8 Å². The van der Waals surface area contributed by atoms with E-state index in [4.69, 9.17) is 4.74 Å². The predicted molar refractivity (Wildman–Crippen MR) is 63.1 cm³/mol. The van der Waals surface area contributed by atoms with Crippen molar-refractivity contribution in [2.24, 2.45) is 7.05 Å². The minimum absolute atomic E-state index is 0.397. The average molecular weight is 223 g/mol. The van der Waals surface area contributed by atoms with Crippen molar-refractivity contribution in [3.8, 4) is 0 Å². The lowest BCUT2D eigenvalue weighted by Gasteiger charge is -2.22. The van der Waals surface area contributed by atoms with E-state index < -0.39 is 0 Å². The third-order valence-electron chi connectivity index (χ3n) is 3.17. The number of hydrogen-bond donors (Lipinski definition) is 1. The number of ether oxygens (including phenoxy) is 1. The van der Waals surface area contributed by atoms with Crippen LogP contribution in [0.2, 0.25) is 0 Å². The molecule has 0 saturated carbocycles. The lowest BCUT2D eigenvalue weighted by molar-refractivity contribution is 0.0763. The van der Waals surface area contributed by atoms with Crippen molar-refractivity contribution < 1.29 is 4.74 Å². The molecule has 0 aliphatic carbocycles. The van der Waals surface area contributed by atoms with Crippen LogP contribution < -0.4 is 5.32 Å². The molecule has 4 nitrogen and oxygen atoms in total. The van der Waals surface area contributed by atoms with Gasteiger partial charge < -0.3 is 10.1 Å². The van der Waals surface area contributed by atoms with Crippen molar-refractivity contribution in [3.63, 3.8) is 0 Å². The van der Waals surface area contributed by atoms with Crippen molar-refractivity contribution in [1.82, 2.24) is 15.1 Å². The number of aryl methyl sites for hydroxylation is 1. The molecule has 90 valence electrons. The van der Waals surface area contributed by atoms with E-state index >= 15 is 0 Å².